The molecule has 4 aliphatic rings. The van der Waals surface area contributed by atoms with Gasteiger partial charge in [0.05, 0.1) is 96.2 Å². The second kappa shape index (κ2) is 28.7. The molecule has 6 atom stereocenters. The predicted octanol–water partition coefficient (Wildman–Crippen LogP) is 15.1. The third-order valence-electron chi connectivity index (χ3n) is 16.9. The molecule has 0 aromatic heterocycles. The smallest absolute Gasteiger partial charge is 0.416 e. The lowest BCUT2D eigenvalue weighted by Crippen LogP contribution is -2.70. The van der Waals surface area contributed by atoms with E-state index in [1.807, 2.05) is 48.5 Å². The number of hydrogen-bond donors (Lipinski definition) is 2. The van der Waals surface area contributed by atoms with Gasteiger partial charge in [-0.05, 0) is 109 Å². The van der Waals surface area contributed by atoms with Crippen molar-refractivity contribution in [3.63, 3.8) is 0 Å². The number of nitrogens with zero attached hydrogens (tertiary/aromatic N) is 2. The van der Waals surface area contributed by atoms with E-state index in [9.17, 15) is 67.1 Å². The van der Waals surface area contributed by atoms with Crippen LogP contribution in [0.1, 0.15) is 115 Å². The van der Waals surface area contributed by atoms with E-state index in [0.717, 1.165) is 11.1 Å². The Balaban J connectivity index is 0.000000234. The summed E-state index contributed by atoms with van der Waals surface area (Å²) in [6.07, 6.45) is -22.4. The van der Waals surface area contributed by atoms with Gasteiger partial charge in [0, 0.05) is 13.1 Å². The maximum Gasteiger partial charge on any atom is 0.416 e. The van der Waals surface area contributed by atoms with Crippen molar-refractivity contribution in [3.05, 3.63) is 213 Å². The fourth-order valence-corrected chi connectivity index (χ4v) is 11.9. The van der Waals surface area contributed by atoms with Gasteiger partial charge in [-0.25, -0.2) is 9.59 Å². The molecule has 0 unspecified atom stereocenters. The first-order valence-corrected chi connectivity index (χ1v) is 29.1. The van der Waals surface area contributed by atoms with E-state index in [4.69, 9.17) is 28.4 Å². The molecule has 0 saturated carbocycles. The minimum atomic E-state index is -5.02. The summed E-state index contributed by atoms with van der Waals surface area (Å²) in [5.41, 5.74) is -7.52. The summed E-state index contributed by atoms with van der Waals surface area (Å²) in [5, 5.41) is 6.43. The molecule has 0 bridgehead atoms. The maximum absolute atomic E-state index is 13.9. The maximum atomic E-state index is 13.9. The van der Waals surface area contributed by atoms with Gasteiger partial charge in [0.25, 0.3) is 0 Å². The SMILES string of the molecule is C.C[C@@H](OC[C@@]1(c2ccccc2)CC[C@]2(COCC(=O)N2)CN1C(=O)OCc1ccccc1)c1cc(C(F)(F)F)cc(C(F)(F)F)c1.C[C@@H](OC[C@@]1(c2ccccc2)CC[C@]2(COCCN2)CN1C(=O)OCc1ccccc1)c1cc(C(F)(F)F)cc(C(F)(F)F)c1. The van der Waals surface area contributed by atoms with Crippen molar-refractivity contribution < 1.29 is 95.5 Å². The Morgan fingerprint density at radius 1 is 0.511 bits per heavy atom. The molecule has 6 aromatic rings. The van der Waals surface area contributed by atoms with E-state index in [1.165, 1.54) is 18.7 Å². The highest BCUT2D eigenvalue weighted by atomic mass is 19.4. The van der Waals surface area contributed by atoms with Crippen molar-refractivity contribution >= 4 is 18.1 Å². The molecule has 3 amide bonds. The van der Waals surface area contributed by atoms with Gasteiger partial charge in [0.2, 0.25) is 5.91 Å². The summed E-state index contributed by atoms with van der Waals surface area (Å²) in [6.45, 7) is 3.70. The molecule has 4 saturated heterocycles. The molecule has 6 aromatic carbocycles. The minimum Gasteiger partial charge on any atom is -0.445 e. The van der Waals surface area contributed by atoms with E-state index < -0.39 is 93.5 Å². The number of ether oxygens (including phenoxy) is 6. The van der Waals surface area contributed by atoms with Gasteiger partial charge in [-0.15, -0.1) is 0 Å². The van der Waals surface area contributed by atoms with Crippen LogP contribution in [0.15, 0.2) is 158 Å². The number of carbonyl (C=O) groups is 3. The molecule has 4 fully saturated rings. The first-order chi connectivity index (χ1) is 43.0. The molecule has 10 rings (SSSR count). The highest BCUT2D eigenvalue weighted by molar-refractivity contribution is 5.79. The molecule has 496 valence electrons. The van der Waals surface area contributed by atoms with Crippen molar-refractivity contribution in [1.82, 2.24) is 20.4 Å². The largest absolute Gasteiger partial charge is 0.445 e. The van der Waals surface area contributed by atoms with Gasteiger partial charge in [0.15, 0.2) is 0 Å². The Morgan fingerprint density at radius 3 is 1.23 bits per heavy atom. The number of nitrogens with one attached hydrogen (secondary N) is 2. The normalized spacial score (nSPS) is 22.7. The number of rotatable bonds is 14. The summed E-state index contributed by atoms with van der Waals surface area (Å²) in [4.78, 5) is 43.2. The van der Waals surface area contributed by atoms with Crippen LogP contribution in [0.25, 0.3) is 0 Å². The Kier molecular flexibility index (Phi) is 21.9. The molecule has 4 heterocycles. The minimum absolute atomic E-state index is 0. The lowest BCUT2D eigenvalue weighted by atomic mass is 9.74. The summed E-state index contributed by atoms with van der Waals surface area (Å²) in [6, 6.07) is 38.6. The Hall–Kier alpha value is -7.71. The topological polar surface area (TPSA) is 137 Å². The zero-order valence-corrected chi connectivity index (χ0v) is 49.4. The van der Waals surface area contributed by atoms with E-state index in [0.29, 0.717) is 74.4 Å². The lowest BCUT2D eigenvalue weighted by molar-refractivity contribution is -0.145. The van der Waals surface area contributed by atoms with Gasteiger partial charge in [0.1, 0.15) is 19.8 Å². The highest BCUT2D eigenvalue weighted by Gasteiger charge is 2.55. The van der Waals surface area contributed by atoms with E-state index >= 15 is 0 Å². The number of carbonyl (C=O) groups excluding carboxylic acids is 3. The standard InChI is InChI=1S/C33H32F6N2O5.C33H34F6N2O4.CH4/c1-22(24-14-26(32(34,35)36)16-27(15-24)33(37,38)39)46-21-31(25-10-6-3-7-11-25)13-12-30(20-44-18-28(42)40-30)19-41(31)29(43)45-17-23-8-4-2-5-9-23;1-23(25-16-27(32(34,35)36)18-28(17-25)33(37,38)39)45-22-31(26-10-6-3-7-11-26)13-12-30(21-43-15-14-40-30)20-41(31)29(42)44-19-24-8-4-2-5-9-24;/h2-11,14-16,22H,12-13,17-21H2,1H3,(H,40,42);2-11,16-18,23,40H,12-15,19-22H2,1H3;1H4/t22-,30-,31-;23-,30-,31-;/m11./s1. The number of piperidine rings is 2. The van der Waals surface area contributed by atoms with Crippen LogP contribution in [-0.4, -0.2) is 98.2 Å². The van der Waals surface area contributed by atoms with Crippen LogP contribution in [0.5, 0.6) is 0 Å². The molecule has 0 aliphatic carbocycles. The van der Waals surface area contributed by atoms with Gasteiger partial charge in [-0.3, -0.25) is 14.6 Å². The summed E-state index contributed by atoms with van der Waals surface area (Å²) >= 11 is 0. The molecular formula is C67H70F12N4O9. The average Bonchev–Trinajstić information content (AvgIpc) is 0.754. The van der Waals surface area contributed by atoms with Gasteiger partial charge < -0.3 is 39.1 Å². The molecule has 92 heavy (non-hydrogen) atoms. The van der Waals surface area contributed by atoms with Crippen LogP contribution in [0, 0.1) is 0 Å². The number of alkyl halides is 12. The van der Waals surface area contributed by atoms with Crippen molar-refractivity contribution in [2.45, 2.75) is 119 Å². The number of likely N-dealkylation sites (tertiary alicyclic amines) is 2. The quantitative estimate of drug-likeness (QED) is 0.101. The van der Waals surface area contributed by atoms with Crippen LogP contribution >= 0.6 is 0 Å². The molecule has 25 heteroatoms. The molecular weight excluding hydrogens is 1230 g/mol. The second-order valence-corrected chi connectivity index (χ2v) is 23.2. The predicted molar refractivity (Wildman–Crippen MR) is 313 cm³/mol. The van der Waals surface area contributed by atoms with Crippen molar-refractivity contribution in [3.8, 4) is 0 Å². The first kappa shape index (κ1) is 70.2. The van der Waals surface area contributed by atoms with E-state index in [1.54, 1.807) is 77.7 Å². The molecule has 4 aliphatic heterocycles. The van der Waals surface area contributed by atoms with Crippen LogP contribution < -0.4 is 10.6 Å². The van der Waals surface area contributed by atoms with Crippen LogP contribution in [0.3, 0.4) is 0 Å². The second-order valence-electron chi connectivity index (χ2n) is 23.2. The van der Waals surface area contributed by atoms with Crippen molar-refractivity contribution in [2.24, 2.45) is 0 Å². The highest BCUT2D eigenvalue weighted by Crippen LogP contribution is 2.47. The number of halogens is 12. The van der Waals surface area contributed by atoms with Gasteiger partial charge in [-0.2, -0.15) is 52.7 Å². The van der Waals surface area contributed by atoms with Crippen LogP contribution in [0.4, 0.5) is 62.3 Å². The molecule has 2 N–H and O–H groups in total. The molecule has 0 radical (unpaired) electrons. The molecule has 2 spiro atoms. The average molecular weight is 1300 g/mol. The molecule has 13 nitrogen and oxygen atoms in total. The van der Waals surface area contributed by atoms with Crippen molar-refractivity contribution in [1.29, 1.82) is 0 Å². The van der Waals surface area contributed by atoms with Gasteiger partial charge >= 0.3 is 36.9 Å². The fourth-order valence-electron chi connectivity index (χ4n) is 11.9. The van der Waals surface area contributed by atoms with Gasteiger partial charge in [-0.1, -0.05) is 129 Å². The number of benzene rings is 6. The Labute approximate surface area is 524 Å². The van der Waals surface area contributed by atoms with Crippen molar-refractivity contribution in [2.75, 3.05) is 59.3 Å². The first-order valence-electron chi connectivity index (χ1n) is 29.1. The fraction of sp³-hybridized carbons (Fsp3) is 0.418. The number of hydrogen-bond acceptors (Lipinski definition) is 10. The zero-order chi connectivity index (χ0) is 65.5. The summed E-state index contributed by atoms with van der Waals surface area (Å²) in [5.74, 6) is -0.356. The van der Waals surface area contributed by atoms with E-state index in [-0.39, 0.29) is 95.7 Å². The van der Waals surface area contributed by atoms with Crippen LogP contribution in [-0.2, 0) is 82.2 Å². The van der Waals surface area contributed by atoms with Crippen LogP contribution in [0.2, 0.25) is 0 Å². The number of morpholine rings is 2. The summed E-state index contributed by atoms with van der Waals surface area (Å²) < 4.78 is 198. The number of amides is 3. The Bertz CT molecular complexity index is 3370. The zero-order valence-electron chi connectivity index (χ0n) is 49.4. The summed E-state index contributed by atoms with van der Waals surface area (Å²) in [7, 11) is 0. The lowest BCUT2D eigenvalue weighted by Gasteiger charge is -2.54. The monoisotopic (exact) mass is 1300 g/mol. The Morgan fingerprint density at radius 2 is 0.870 bits per heavy atom. The third-order valence-corrected chi connectivity index (χ3v) is 16.9. The third kappa shape index (κ3) is 16.7. The van der Waals surface area contributed by atoms with E-state index in [2.05, 4.69) is 10.6 Å².